The Balaban J connectivity index is 2.65. The number of amides is 1. The standard InChI is InChI=1S/C24H33BrN2O2S/c1-9-15-11-17(24(4,5)6)12-16(10-2)21(15)26-23(29)19-18(13-30-8)27(7)14(3)20(25)22(19)28/h11-12H,9-10,13H2,1-8H3,(H,26,29). The zero-order chi connectivity index (χ0) is 22.8. The number of aromatic nitrogens is 1. The minimum absolute atomic E-state index is 0.0274. The number of nitrogens with one attached hydrogen (secondary N) is 1. The number of thioether (sulfide) groups is 1. The van der Waals surface area contributed by atoms with Gasteiger partial charge in [0.2, 0.25) is 5.43 Å². The van der Waals surface area contributed by atoms with Gasteiger partial charge in [-0.2, -0.15) is 11.8 Å². The van der Waals surface area contributed by atoms with Crippen LogP contribution < -0.4 is 10.7 Å². The normalized spacial score (nSPS) is 11.6. The van der Waals surface area contributed by atoms with Crippen molar-refractivity contribution in [2.45, 2.75) is 65.6 Å². The molecule has 1 N–H and O–H groups in total. The number of halogens is 1. The molecule has 2 aromatic rings. The summed E-state index contributed by atoms with van der Waals surface area (Å²) in [6.45, 7) is 12.7. The minimum atomic E-state index is -0.340. The van der Waals surface area contributed by atoms with Crippen molar-refractivity contribution in [3.8, 4) is 0 Å². The number of hydrogen-bond donors (Lipinski definition) is 1. The van der Waals surface area contributed by atoms with E-state index in [0.29, 0.717) is 10.2 Å². The summed E-state index contributed by atoms with van der Waals surface area (Å²) < 4.78 is 2.37. The number of hydrogen-bond acceptors (Lipinski definition) is 3. The second-order valence-electron chi connectivity index (χ2n) is 8.62. The van der Waals surface area contributed by atoms with Crippen LogP contribution in [0.2, 0.25) is 0 Å². The van der Waals surface area contributed by atoms with Gasteiger partial charge in [0.25, 0.3) is 5.91 Å². The topological polar surface area (TPSA) is 51.1 Å². The molecule has 0 saturated heterocycles. The van der Waals surface area contributed by atoms with Crippen molar-refractivity contribution in [1.29, 1.82) is 0 Å². The number of anilines is 1. The molecule has 0 aliphatic heterocycles. The second kappa shape index (κ2) is 9.73. The molecular formula is C24H33BrN2O2S. The third-order valence-electron chi connectivity index (χ3n) is 5.62. The first-order valence-corrected chi connectivity index (χ1v) is 12.5. The maximum atomic E-state index is 13.4. The molecule has 1 aromatic heterocycles. The minimum Gasteiger partial charge on any atom is -0.349 e. The van der Waals surface area contributed by atoms with E-state index in [1.54, 1.807) is 11.8 Å². The van der Waals surface area contributed by atoms with Crippen molar-refractivity contribution in [3.05, 3.63) is 60.5 Å². The Morgan fingerprint density at radius 2 is 1.70 bits per heavy atom. The SMILES string of the molecule is CCc1cc(C(C)(C)C)cc(CC)c1NC(=O)c1c(CSC)n(C)c(C)c(Br)c1=O. The molecule has 0 saturated carbocycles. The number of rotatable bonds is 6. The van der Waals surface area contributed by atoms with E-state index in [1.165, 1.54) is 5.56 Å². The summed E-state index contributed by atoms with van der Waals surface area (Å²) in [6.07, 6.45) is 3.58. The van der Waals surface area contributed by atoms with Gasteiger partial charge in [-0.15, -0.1) is 0 Å². The van der Waals surface area contributed by atoms with Gasteiger partial charge in [0.05, 0.1) is 4.47 Å². The molecule has 0 atom stereocenters. The van der Waals surface area contributed by atoms with Crippen LogP contribution in [0.25, 0.3) is 0 Å². The van der Waals surface area contributed by atoms with Crippen molar-refractivity contribution in [2.75, 3.05) is 11.6 Å². The van der Waals surface area contributed by atoms with E-state index in [0.717, 1.165) is 41.0 Å². The highest BCUT2D eigenvalue weighted by Gasteiger charge is 2.24. The zero-order valence-corrected chi connectivity index (χ0v) is 21.7. The summed E-state index contributed by atoms with van der Waals surface area (Å²) in [4.78, 5) is 26.4. The van der Waals surface area contributed by atoms with Crippen LogP contribution in [0.4, 0.5) is 5.69 Å². The Morgan fingerprint density at radius 3 is 2.13 bits per heavy atom. The predicted molar refractivity (Wildman–Crippen MR) is 133 cm³/mol. The lowest BCUT2D eigenvalue weighted by Crippen LogP contribution is -2.29. The highest BCUT2D eigenvalue weighted by atomic mass is 79.9. The van der Waals surface area contributed by atoms with Gasteiger partial charge in [0, 0.05) is 29.9 Å². The first-order chi connectivity index (χ1) is 14.0. The lowest BCUT2D eigenvalue weighted by atomic mass is 9.83. The monoisotopic (exact) mass is 492 g/mol. The van der Waals surface area contributed by atoms with E-state index in [1.807, 2.05) is 24.8 Å². The molecule has 0 fully saturated rings. The summed E-state index contributed by atoms with van der Waals surface area (Å²) >= 11 is 4.98. The molecule has 0 radical (unpaired) electrons. The fourth-order valence-corrected chi connectivity index (χ4v) is 4.63. The Bertz CT molecular complexity index is 994. The van der Waals surface area contributed by atoms with Gasteiger partial charge in [-0.1, -0.05) is 46.8 Å². The summed E-state index contributed by atoms with van der Waals surface area (Å²) in [6, 6.07) is 4.36. The van der Waals surface area contributed by atoms with Crippen LogP contribution in [0, 0.1) is 6.92 Å². The van der Waals surface area contributed by atoms with Crippen LogP contribution in [0.1, 0.15) is 73.1 Å². The molecule has 1 aromatic carbocycles. The number of aryl methyl sites for hydroxylation is 2. The molecule has 0 aliphatic carbocycles. The first-order valence-electron chi connectivity index (χ1n) is 10.3. The summed E-state index contributed by atoms with van der Waals surface area (Å²) in [5.74, 6) is 0.251. The van der Waals surface area contributed by atoms with Crippen molar-refractivity contribution >= 4 is 39.3 Å². The second-order valence-corrected chi connectivity index (χ2v) is 10.3. The Labute approximate surface area is 193 Å². The Kier molecular flexibility index (Phi) is 8.03. The number of pyridine rings is 1. The molecule has 6 heteroatoms. The molecule has 0 aliphatic rings. The molecule has 1 heterocycles. The van der Waals surface area contributed by atoms with E-state index >= 15 is 0 Å². The first kappa shape index (κ1) is 24.7. The van der Waals surface area contributed by atoms with Crippen LogP contribution in [0.3, 0.4) is 0 Å². The maximum Gasteiger partial charge on any atom is 0.261 e. The number of carbonyl (C=O) groups is 1. The molecule has 2 rings (SSSR count). The van der Waals surface area contributed by atoms with Gasteiger partial charge in [-0.05, 0) is 64.1 Å². The van der Waals surface area contributed by atoms with Crippen molar-refractivity contribution in [1.82, 2.24) is 4.57 Å². The van der Waals surface area contributed by atoms with Crippen LogP contribution in [0.5, 0.6) is 0 Å². The van der Waals surface area contributed by atoms with Crippen LogP contribution in [0.15, 0.2) is 21.4 Å². The summed E-state index contributed by atoms with van der Waals surface area (Å²) in [7, 11) is 1.90. The number of benzene rings is 1. The van der Waals surface area contributed by atoms with Crippen LogP contribution in [-0.4, -0.2) is 16.7 Å². The largest absolute Gasteiger partial charge is 0.349 e. The zero-order valence-electron chi connectivity index (χ0n) is 19.3. The van der Waals surface area contributed by atoms with Crippen molar-refractivity contribution < 1.29 is 4.79 Å². The highest BCUT2D eigenvalue weighted by Crippen LogP contribution is 2.32. The Morgan fingerprint density at radius 1 is 1.17 bits per heavy atom. The molecule has 0 bridgehead atoms. The quantitative estimate of drug-likeness (QED) is 0.538. The van der Waals surface area contributed by atoms with E-state index in [4.69, 9.17) is 0 Å². The van der Waals surface area contributed by atoms with Gasteiger partial charge in [-0.3, -0.25) is 9.59 Å². The van der Waals surface area contributed by atoms with Crippen LogP contribution in [-0.2, 0) is 31.1 Å². The van der Waals surface area contributed by atoms with Gasteiger partial charge in [0.1, 0.15) is 5.56 Å². The maximum absolute atomic E-state index is 13.4. The molecule has 164 valence electrons. The fourth-order valence-electron chi connectivity index (χ4n) is 3.56. The van der Waals surface area contributed by atoms with Crippen LogP contribution >= 0.6 is 27.7 Å². The molecule has 0 unspecified atom stereocenters. The molecule has 0 spiro atoms. The lowest BCUT2D eigenvalue weighted by Gasteiger charge is -2.24. The number of nitrogens with zero attached hydrogens (tertiary/aromatic N) is 1. The Hall–Kier alpha value is -1.53. The third-order valence-corrected chi connectivity index (χ3v) is 7.11. The average Bonchev–Trinajstić information content (AvgIpc) is 2.69. The highest BCUT2D eigenvalue weighted by molar-refractivity contribution is 9.10. The van der Waals surface area contributed by atoms with E-state index in [9.17, 15) is 9.59 Å². The summed E-state index contributed by atoms with van der Waals surface area (Å²) in [5, 5.41) is 3.11. The van der Waals surface area contributed by atoms with E-state index in [-0.39, 0.29) is 22.3 Å². The van der Waals surface area contributed by atoms with E-state index < -0.39 is 0 Å². The van der Waals surface area contributed by atoms with Gasteiger partial charge < -0.3 is 9.88 Å². The third kappa shape index (κ3) is 4.86. The summed E-state index contributed by atoms with van der Waals surface area (Å²) in [5.41, 5.74) is 5.84. The lowest BCUT2D eigenvalue weighted by molar-refractivity contribution is 0.102. The van der Waals surface area contributed by atoms with Gasteiger partial charge >= 0.3 is 0 Å². The van der Waals surface area contributed by atoms with Gasteiger partial charge in [0.15, 0.2) is 0 Å². The van der Waals surface area contributed by atoms with Crippen molar-refractivity contribution in [3.63, 3.8) is 0 Å². The molecule has 1 amide bonds. The predicted octanol–water partition coefficient (Wildman–Crippen LogP) is 5.99. The molecular weight excluding hydrogens is 460 g/mol. The smallest absolute Gasteiger partial charge is 0.261 e. The molecule has 30 heavy (non-hydrogen) atoms. The average molecular weight is 494 g/mol. The van der Waals surface area contributed by atoms with Crippen molar-refractivity contribution in [2.24, 2.45) is 7.05 Å². The number of carbonyl (C=O) groups excluding carboxylic acids is 1. The van der Waals surface area contributed by atoms with Gasteiger partial charge in [-0.25, -0.2) is 0 Å². The fraction of sp³-hybridized carbons (Fsp3) is 0.500. The molecule has 4 nitrogen and oxygen atoms in total. The van der Waals surface area contributed by atoms with E-state index in [2.05, 4.69) is 68.0 Å².